The van der Waals surface area contributed by atoms with Crippen molar-refractivity contribution in [3.63, 3.8) is 0 Å². The number of aromatic nitrogens is 3. The number of carbonyl (C=O) groups excluding carboxylic acids is 1. The highest BCUT2D eigenvalue weighted by molar-refractivity contribution is 7.98. The van der Waals surface area contributed by atoms with Gasteiger partial charge in [0.25, 0.3) is 0 Å². The van der Waals surface area contributed by atoms with Gasteiger partial charge in [-0.25, -0.2) is 4.79 Å². The number of hydrogen-bond donors (Lipinski definition) is 0. The Morgan fingerprint density at radius 3 is 2.72 bits per heavy atom. The molecule has 3 aromatic rings. The van der Waals surface area contributed by atoms with Crippen molar-refractivity contribution in [2.45, 2.75) is 17.8 Å². The molecule has 0 fully saturated rings. The second kappa shape index (κ2) is 7.33. The van der Waals surface area contributed by atoms with E-state index in [2.05, 4.69) is 10.2 Å². The number of benzene rings is 1. The molecule has 130 valence electrons. The third kappa shape index (κ3) is 3.72. The summed E-state index contributed by atoms with van der Waals surface area (Å²) in [5, 5.41) is 9.88. The molecule has 25 heavy (non-hydrogen) atoms. The quantitative estimate of drug-likeness (QED) is 0.492. The Morgan fingerprint density at radius 1 is 1.32 bits per heavy atom. The summed E-state index contributed by atoms with van der Waals surface area (Å²) in [6.45, 7) is 1.74. The Bertz CT molecular complexity index is 903. The number of esters is 1. The Morgan fingerprint density at radius 2 is 2.04 bits per heavy atom. The second-order valence-electron chi connectivity index (χ2n) is 5.33. The van der Waals surface area contributed by atoms with Crippen LogP contribution in [0.25, 0.3) is 11.4 Å². The van der Waals surface area contributed by atoms with Crippen molar-refractivity contribution in [2.24, 2.45) is 7.05 Å². The fraction of sp³-hybridized carbons (Fsp3) is 0.235. The maximum Gasteiger partial charge on any atom is 0.341 e. The first-order chi connectivity index (χ1) is 12.0. The fourth-order valence-electron chi connectivity index (χ4n) is 2.35. The molecule has 0 amide bonds. The first kappa shape index (κ1) is 17.6. The third-order valence-electron chi connectivity index (χ3n) is 3.65. The second-order valence-corrected chi connectivity index (χ2v) is 6.71. The summed E-state index contributed by atoms with van der Waals surface area (Å²) in [6.07, 6.45) is 0. The monoisotopic (exact) mass is 377 g/mol. The van der Waals surface area contributed by atoms with Gasteiger partial charge in [0, 0.05) is 17.6 Å². The largest absolute Gasteiger partial charge is 0.465 e. The number of furan rings is 1. The first-order valence-corrected chi connectivity index (χ1v) is 8.81. The zero-order valence-corrected chi connectivity index (χ0v) is 15.5. The van der Waals surface area contributed by atoms with E-state index in [0.717, 1.165) is 16.5 Å². The summed E-state index contributed by atoms with van der Waals surface area (Å²) >= 11 is 7.40. The zero-order valence-electron chi connectivity index (χ0n) is 13.9. The van der Waals surface area contributed by atoms with Crippen LogP contribution in [-0.4, -0.2) is 27.8 Å². The lowest BCUT2D eigenvalue weighted by Crippen LogP contribution is -2.00. The van der Waals surface area contributed by atoms with E-state index >= 15 is 0 Å². The normalized spacial score (nSPS) is 10.9. The molecule has 3 rings (SSSR count). The maximum atomic E-state index is 11.6. The Kier molecular flexibility index (Phi) is 5.15. The van der Waals surface area contributed by atoms with Gasteiger partial charge in [0.15, 0.2) is 11.0 Å². The number of thioether (sulfide) groups is 1. The van der Waals surface area contributed by atoms with Gasteiger partial charge in [0.2, 0.25) is 0 Å². The summed E-state index contributed by atoms with van der Waals surface area (Å²) < 4.78 is 12.2. The lowest BCUT2D eigenvalue weighted by molar-refractivity contribution is 0.0599. The van der Waals surface area contributed by atoms with Gasteiger partial charge in [0.1, 0.15) is 17.1 Å². The van der Waals surface area contributed by atoms with Crippen LogP contribution in [0, 0.1) is 6.92 Å². The van der Waals surface area contributed by atoms with Crippen LogP contribution in [0.4, 0.5) is 0 Å². The van der Waals surface area contributed by atoms with Crippen molar-refractivity contribution in [1.29, 1.82) is 0 Å². The molecule has 6 nitrogen and oxygen atoms in total. The van der Waals surface area contributed by atoms with Crippen molar-refractivity contribution in [3.05, 3.63) is 52.4 Å². The van der Waals surface area contributed by atoms with Crippen molar-refractivity contribution >= 4 is 29.3 Å². The maximum absolute atomic E-state index is 11.6. The average Bonchev–Trinajstić information content (AvgIpc) is 3.16. The number of hydrogen-bond acceptors (Lipinski definition) is 6. The lowest BCUT2D eigenvalue weighted by Gasteiger charge is -2.03. The van der Waals surface area contributed by atoms with Crippen LogP contribution in [-0.2, 0) is 17.5 Å². The average molecular weight is 378 g/mol. The van der Waals surface area contributed by atoms with E-state index in [4.69, 9.17) is 20.8 Å². The van der Waals surface area contributed by atoms with Crippen LogP contribution in [0.15, 0.2) is 39.9 Å². The fourth-order valence-corrected chi connectivity index (χ4v) is 3.27. The summed E-state index contributed by atoms with van der Waals surface area (Å²) in [7, 11) is 3.25. The molecule has 2 aromatic heterocycles. The van der Waals surface area contributed by atoms with E-state index in [1.54, 1.807) is 13.0 Å². The molecule has 0 radical (unpaired) electrons. The van der Waals surface area contributed by atoms with E-state index < -0.39 is 5.97 Å². The van der Waals surface area contributed by atoms with Crippen LogP contribution in [0.1, 0.15) is 21.9 Å². The minimum absolute atomic E-state index is 0.402. The summed E-state index contributed by atoms with van der Waals surface area (Å²) in [5.41, 5.74) is 1.38. The SMILES string of the molecule is COC(=O)c1cc(CSc2nnc(-c3ccc(Cl)cc3)n2C)oc1C. The molecule has 8 heteroatoms. The molecule has 2 heterocycles. The highest BCUT2D eigenvalue weighted by Gasteiger charge is 2.17. The molecule has 0 N–H and O–H groups in total. The molecular weight excluding hydrogens is 362 g/mol. The number of carbonyl (C=O) groups is 1. The van der Waals surface area contributed by atoms with Gasteiger partial charge in [-0.05, 0) is 37.3 Å². The van der Waals surface area contributed by atoms with Gasteiger partial charge in [-0.2, -0.15) is 0 Å². The minimum Gasteiger partial charge on any atom is -0.465 e. The van der Waals surface area contributed by atoms with Crippen LogP contribution in [0.2, 0.25) is 5.02 Å². The predicted octanol–water partition coefficient (Wildman–Crippen LogP) is 4.12. The van der Waals surface area contributed by atoms with Gasteiger partial charge < -0.3 is 13.7 Å². The topological polar surface area (TPSA) is 70.2 Å². The van der Waals surface area contributed by atoms with Crippen molar-refractivity contribution in [3.8, 4) is 11.4 Å². The highest BCUT2D eigenvalue weighted by atomic mass is 35.5. The summed E-state index contributed by atoms with van der Waals surface area (Å²) in [5.74, 6) is 2.11. The molecule has 0 aliphatic carbocycles. The van der Waals surface area contributed by atoms with Crippen molar-refractivity contribution < 1.29 is 13.9 Å². The molecule has 0 aliphatic heterocycles. The van der Waals surface area contributed by atoms with Crippen LogP contribution in [0.5, 0.6) is 0 Å². The molecule has 0 aliphatic rings. The van der Waals surface area contributed by atoms with Gasteiger partial charge in [-0.1, -0.05) is 23.4 Å². The standard InChI is InChI=1S/C17H16ClN3O3S/c1-10-14(16(22)23-3)8-13(24-10)9-25-17-20-19-15(21(17)2)11-4-6-12(18)7-5-11/h4-8H,9H2,1-3H3. The molecule has 1 aromatic carbocycles. The van der Waals surface area contributed by atoms with E-state index in [1.165, 1.54) is 18.9 Å². The molecule has 0 spiro atoms. The Labute approximate surface area is 154 Å². The highest BCUT2D eigenvalue weighted by Crippen LogP contribution is 2.27. The molecule has 0 saturated heterocycles. The Balaban J connectivity index is 1.74. The molecule has 0 bridgehead atoms. The van der Waals surface area contributed by atoms with Crippen LogP contribution >= 0.6 is 23.4 Å². The predicted molar refractivity (Wildman–Crippen MR) is 95.8 cm³/mol. The van der Waals surface area contributed by atoms with Gasteiger partial charge in [-0.15, -0.1) is 10.2 Å². The first-order valence-electron chi connectivity index (χ1n) is 7.45. The van der Waals surface area contributed by atoms with E-state index in [1.807, 2.05) is 35.9 Å². The number of halogens is 1. The summed E-state index contributed by atoms with van der Waals surface area (Å²) in [4.78, 5) is 11.6. The van der Waals surface area contributed by atoms with Crippen molar-refractivity contribution in [1.82, 2.24) is 14.8 Å². The number of aryl methyl sites for hydroxylation is 1. The summed E-state index contributed by atoms with van der Waals surface area (Å²) in [6, 6.07) is 9.14. The molecule has 0 saturated carbocycles. The number of rotatable bonds is 5. The number of nitrogens with zero attached hydrogens (tertiary/aromatic N) is 3. The number of ether oxygens (including phenoxy) is 1. The lowest BCUT2D eigenvalue weighted by atomic mass is 10.2. The van der Waals surface area contributed by atoms with Gasteiger partial charge >= 0.3 is 5.97 Å². The van der Waals surface area contributed by atoms with Crippen molar-refractivity contribution in [2.75, 3.05) is 7.11 Å². The molecular formula is C17H16ClN3O3S. The Hall–Kier alpha value is -2.25. The van der Waals surface area contributed by atoms with Gasteiger partial charge in [0.05, 0.1) is 12.9 Å². The van der Waals surface area contributed by atoms with E-state index in [-0.39, 0.29) is 0 Å². The molecule has 0 unspecified atom stereocenters. The smallest absolute Gasteiger partial charge is 0.341 e. The minimum atomic E-state index is -0.402. The third-order valence-corrected chi connectivity index (χ3v) is 4.95. The van der Waals surface area contributed by atoms with Crippen LogP contribution < -0.4 is 0 Å². The van der Waals surface area contributed by atoms with Crippen LogP contribution in [0.3, 0.4) is 0 Å². The van der Waals surface area contributed by atoms with Gasteiger partial charge in [-0.3, -0.25) is 0 Å². The van der Waals surface area contributed by atoms with E-state index in [0.29, 0.717) is 27.9 Å². The molecule has 0 atom stereocenters. The zero-order chi connectivity index (χ0) is 18.0. The number of methoxy groups -OCH3 is 1. The van der Waals surface area contributed by atoms with E-state index in [9.17, 15) is 4.79 Å².